The van der Waals surface area contributed by atoms with Crippen LogP contribution in [-0.4, -0.2) is 12.9 Å². The van der Waals surface area contributed by atoms with E-state index in [9.17, 15) is 4.79 Å². The van der Waals surface area contributed by atoms with E-state index in [1.54, 1.807) is 25.3 Å². The number of Topliss-reactive ketones (excluding diaryl/α,β-unsaturated/α-hetero) is 1. The third-order valence-electron chi connectivity index (χ3n) is 2.90. The lowest BCUT2D eigenvalue weighted by molar-refractivity contribution is 0.101. The minimum absolute atomic E-state index is 0.0810. The first kappa shape index (κ1) is 14.4. The maximum atomic E-state index is 11.6. The fourth-order valence-corrected chi connectivity index (χ4v) is 2.05. The van der Waals surface area contributed by atoms with Gasteiger partial charge in [0.15, 0.2) is 5.78 Å². The minimum atomic E-state index is -0.0810. The van der Waals surface area contributed by atoms with Gasteiger partial charge in [0.2, 0.25) is 0 Å². The molecule has 0 heterocycles. The Bertz CT molecular complexity index is 623. The van der Waals surface area contributed by atoms with Gasteiger partial charge in [0, 0.05) is 10.6 Å². The van der Waals surface area contributed by atoms with Crippen LogP contribution in [0.4, 0.5) is 0 Å². The molecule has 2 aromatic carbocycles. The molecule has 3 nitrogen and oxygen atoms in total. The standard InChI is InChI=1S/C16H15ClO3/c1-11(18)14-9-13(17)7-8-16(14)20-10-12-5-3-4-6-15(12)19-2/h3-9H,10H2,1-2H3. The van der Waals surface area contributed by atoms with Gasteiger partial charge >= 0.3 is 0 Å². The van der Waals surface area contributed by atoms with Crippen molar-refractivity contribution in [3.05, 3.63) is 58.6 Å². The van der Waals surface area contributed by atoms with Crippen LogP contribution in [0.1, 0.15) is 22.8 Å². The SMILES string of the molecule is COc1ccccc1COc1ccc(Cl)cc1C(C)=O. The Morgan fingerprint density at radius 3 is 2.60 bits per heavy atom. The lowest BCUT2D eigenvalue weighted by Crippen LogP contribution is -2.03. The van der Waals surface area contributed by atoms with Crippen molar-refractivity contribution in [1.29, 1.82) is 0 Å². The lowest BCUT2D eigenvalue weighted by atomic mass is 10.1. The number of methoxy groups -OCH3 is 1. The van der Waals surface area contributed by atoms with Crippen molar-refractivity contribution in [3.63, 3.8) is 0 Å². The molecular formula is C16H15ClO3. The summed E-state index contributed by atoms with van der Waals surface area (Å²) in [4.78, 5) is 11.6. The van der Waals surface area contributed by atoms with Crippen LogP contribution in [0.3, 0.4) is 0 Å². The Kier molecular flexibility index (Phi) is 4.64. The van der Waals surface area contributed by atoms with Crippen LogP contribution >= 0.6 is 11.6 Å². The molecule has 0 atom stereocenters. The number of carbonyl (C=O) groups is 1. The van der Waals surface area contributed by atoms with E-state index >= 15 is 0 Å². The summed E-state index contributed by atoms with van der Waals surface area (Å²) in [6.07, 6.45) is 0. The summed E-state index contributed by atoms with van der Waals surface area (Å²) >= 11 is 5.90. The highest BCUT2D eigenvalue weighted by Crippen LogP contribution is 2.26. The van der Waals surface area contributed by atoms with Crippen molar-refractivity contribution < 1.29 is 14.3 Å². The number of para-hydroxylation sites is 1. The number of hydrogen-bond acceptors (Lipinski definition) is 3. The number of benzene rings is 2. The number of hydrogen-bond donors (Lipinski definition) is 0. The average molecular weight is 291 g/mol. The van der Waals surface area contributed by atoms with Crippen LogP contribution in [0.15, 0.2) is 42.5 Å². The predicted molar refractivity (Wildman–Crippen MR) is 78.8 cm³/mol. The first-order valence-corrected chi connectivity index (χ1v) is 6.55. The van der Waals surface area contributed by atoms with E-state index < -0.39 is 0 Å². The highest BCUT2D eigenvalue weighted by Gasteiger charge is 2.10. The molecule has 0 saturated heterocycles. The van der Waals surface area contributed by atoms with E-state index in [0.29, 0.717) is 22.9 Å². The van der Waals surface area contributed by atoms with Gasteiger partial charge < -0.3 is 9.47 Å². The molecule has 2 rings (SSSR count). The molecule has 0 aliphatic rings. The fourth-order valence-electron chi connectivity index (χ4n) is 1.88. The number of ether oxygens (including phenoxy) is 2. The fraction of sp³-hybridized carbons (Fsp3) is 0.188. The largest absolute Gasteiger partial charge is 0.496 e. The molecule has 0 unspecified atom stereocenters. The maximum Gasteiger partial charge on any atom is 0.163 e. The van der Waals surface area contributed by atoms with Gasteiger partial charge in [0.25, 0.3) is 0 Å². The molecule has 20 heavy (non-hydrogen) atoms. The van der Waals surface area contributed by atoms with Gasteiger partial charge in [0.05, 0.1) is 12.7 Å². The van der Waals surface area contributed by atoms with Crippen LogP contribution in [0, 0.1) is 0 Å². The summed E-state index contributed by atoms with van der Waals surface area (Å²) in [7, 11) is 1.61. The van der Waals surface area contributed by atoms with Crippen molar-refractivity contribution in [2.75, 3.05) is 7.11 Å². The Hall–Kier alpha value is -2.00. The van der Waals surface area contributed by atoms with Crippen molar-refractivity contribution in [1.82, 2.24) is 0 Å². The van der Waals surface area contributed by atoms with Crippen LogP contribution < -0.4 is 9.47 Å². The molecule has 0 aromatic heterocycles. The maximum absolute atomic E-state index is 11.6. The first-order chi connectivity index (χ1) is 9.61. The normalized spacial score (nSPS) is 10.2. The second kappa shape index (κ2) is 6.44. The van der Waals surface area contributed by atoms with Crippen LogP contribution in [0.25, 0.3) is 0 Å². The summed E-state index contributed by atoms with van der Waals surface area (Å²) in [6, 6.07) is 12.6. The summed E-state index contributed by atoms with van der Waals surface area (Å²) in [5.74, 6) is 1.20. The molecule has 0 amide bonds. The van der Waals surface area contributed by atoms with Crippen molar-refractivity contribution in [2.24, 2.45) is 0 Å². The van der Waals surface area contributed by atoms with Crippen LogP contribution in [-0.2, 0) is 6.61 Å². The zero-order valence-corrected chi connectivity index (χ0v) is 12.1. The van der Waals surface area contributed by atoms with Crippen molar-refractivity contribution in [3.8, 4) is 11.5 Å². The van der Waals surface area contributed by atoms with E-state index in [2.05, 4.69) is 0 Å². The summed E-state index contributed by atoms with van der Waals surface area (Å²) < 4.78 is 11.0. The van der Waals surface area contributed by atoms with Crippen LogP contribution in [0.2, 0.25) is 5.02 Å². The summed E-state index contributed by atoms with van der Waals surface area (Å²) in [6.45, 7) is 1.81. The Balaban J connectivity index is 2.21. The van der Waals surface area contributed by atoms with E-state index in [-0.39, 0.29) is 5.78 Å². The molecule has 0 radical (unpaired) electrons. The van der Waals surface area contributed by atoms with Gasteiger partial charge in [0.1, 0.15) is 18.1 Å². The van der Waals surface area contributed by atoms with Gasteiger partial charge in [-0.2, -0.15) is 0 Å². The lowest BCUT2D eigenvalue weighted by Gasteiger charge is -2.12. The second-order valence-electron chi connectivity index (χ2n) is 4.30. The molecule has 0 aliphatic carbocycles. The molecule has 4 heteroatoms. The monoisotopic (exact) mass is 290 g/mol. The quantitative estimate of drug-likeness (QED) is 0.777. The van der Waals surface area contributed by atoms with E-state index in [1.165, 1.54) is 6.92 Å². The number of rotatable bonds is 5. The number of carbonyl (C=O) groups excluding carboxylic acids is 1. The first-order valence-electron chi connectivity index (χ1n) is 6.17. The van der Waals surface area contributed by atoms with Gasteiger partial charge in [-0.15, -0.1) is 0 Å². The smallest absolute Gasteiger partial charge is 0.163 e. The average Bonchev–Trinajstić information content (AvgIpc) is 2.46. The molecule has 104 valence electrons. The summed E-state index contributed by atoms with van der Waals surface area (Å²) in [5, 5.41) is 0.514. The second-order valence-corrected chi connectivity index (χ2v) is 4.73. The molecule has 0 bridgehead atoms. The molecule has 2 aromatic rings. The van der Waals surface area contributed by atoms with Crippen molar-refractivity contribution >= 4 is 17.4 Å². The van der Waals surface area contributed by atoms with Gasteiger partial charge in [-0.05, 0) is 31.2 Å². The van der Waals surface area contributed by atoms with Gasteiger partial charge in [-0.3, -0.25) is 4.79 Å². The van der Waals surface area contributed by atoms with Crippen molar-refractivity contribution in [2.45, 2.75) is 13.5 Å². The van der Waals surface area contributed by atoms with Gasteiger partial charge in [-0.1, -0.05) is 29.8 Å². The van der Waals surface area contributed by atoms with E-state index in [4.69, 9.17) is 21.1 Å². The molecule has 0 saturated carbocycles. The molecule has 0 aliphatic heterocycles. The van der Waals surface area contributed by atoms with E-state index in [0.717, 1.165) is 11.3 Å². The van der Waals surface area contributed by atoms with E-state index in [1.807, 2.05) is 24.3 Å². The van der Waals surface area contributed by atoms with Gasteiger partial charge in [-0.25, -0.2) is 0 Å². The molecule has 0 spiro atoms. The predicted octanol–water partition coefficient (Wildman–Crippen LogP) is 4.13. The number of halogens is 1. The van der Waals surface area contributed by atoms with Crippen LogP contribution in [0.5, 0.6) is 11.5 Å². The zero-order valence-electron chi connectivity index (χ0n) is 11.4. The molecule has 0 N–H and O–H groups in total. The number of ketones is 1. The zero-order chi connectivity index (χ0) is 14.5. The highest BCUT2D eigenvalue weighted by molar-refractivity contribution is 6.31. The minimum Gasteiger partial charge on any atom is -0.496 e. The summed E-state index contributed by atoms with van der Waals surface area (Å²) in [5.41, 5.74) is 1.40. The molecular weight excluding hydrogens is 276 g/mol. The molecule has 0 fully saturated rings. The Morgan fingerprint density at radius 2 is 1.90 bits per heavy atom. The third kappa shape index (κ3) is 3.31. The topological polar surface area (TPSA) is 35.5 Å². The highest BCUT2D eigenvalue weighted by atomic mass is 35.5. The Labute approximate surface area is 123 Å². The third-order valence-corrected chi connectivity index (χ3v) is 3.13. The Morgan fingerprint density at radius 1 is 1.15 bits per heavy atom.